The Morgan fingerprint density at radius 3 is 1.64 bits per heavy atom. The van der Waals surface area contributed by atoms with Crippen molar-refractivity contribution in [2.75, 3.05) is 18.8 Å². The molecule has 0 heterocycles. The van der Waals surface area contributed by atoms with Crippen LogP contribution in [0, 0.1) is 0 Å². The van der Waals surface area contributed by atoms with Crippen LogP contribution in [-0.2, 0) is 24.0 Å². The topological polar surface area (TPSA) is 240 Å². The number of thiol groups is 1. The number of nitrogens with two attached hydrogens (primary N) is 3. The molecule has 0 aromatic carbocycles. The van der Waals surface area contributed by atoms with Gasteiger partial charge in [-0.25, -0.2) is 4.79 Å². The van der Waals surface area contributed by atoms with Crippen LogP contribution in [-0.4, -0.2) is 82.9 Å². The summed E-state index contributed by atoms with van der Waals surface area (Å²) in [5, 5.41) is 25.3. The van der Waals surface area contributed by atoms with Crippen LogP contribution >= 0.6 is 12.6 Å². The number of unbranched alkanes of at least 4 members (excludes halogenated alkanes) is 2. The summed E-state index contributed by atoms with van der Waals surface area (Å²) < 4.78 is 0. The van der Waals surface area contributed by atoms with Gasteiger partial charge in [0.05, 0.1) is 12.5 Å². The maximum Gasteiger partial charge on any atom is 0.326 e. The highest BCUT2D eigenvalue weighted by molar-refractivity contribution is 7.80. The zero-order valence-corrected chi connectivity index (χ0v) is 19.4. The summed E-state index contributed by atoms with van der Waals surface area (Å²) in [6.45, 7) is 0.765. The maximum absolute atomic E-state index is 12.7. The molecular weight excluding hydrogens is 456 g/mol. The zero-order valence-electron chi connectivity index (χ0n) is 18.5. The molecule has 0 rings (SSSR count). The largest absolute Gasteiger partial charge is 0.481 e. The molecule has 13 nitrogen and oxygen atoms in total. The fourth-order valence-corrected chi connectivity index (χ4v) is 3.07. The van der Waals surface area contributed by atoms with E-state index in [2.05, 4.69) is 28.6 Å². The van der Waals surface area contributed by atoms with Crippen LogP contribution in [0.25, 0.3) is 0 Å². The molecule has 0 aromatic heterocycles. The van der Waals surface area contributed by atoms with Crippen molar-refractivity contribution in [2.24, 2.45) is 17.2 Å². The van der Waals surface area contributed by atoms with Crippen LogP contribution in [0.3, 0.4) is 0 Å². The smallest absolute Gasteiger partial charge is 0.326 e. The molecule has 0 saturated carbocycles. The first kappa shape index (κ1) is 30.6. The monoisotopic (exact) mass is 492 g/mol. The minimum Gasteiger partial charge on any atom is -0.481 e. The van der Waals surface area contributed by atoms with Crippen molar-refractivity contribution in [1.82, 2.24) is 16.0 Å². The molecular formula is C19H36N6O7S. The number of hydrogen-bond donors (Lipinski definition) is 9. The summed E-state index contributed by atoms with van der Waals surface area (Å²) in [6, 6.07) is -4.78. The average Bonchev–Trinajstić information content (AvgIpc) is 2.75. The van der Waals surface area contributed by atoms with Gasteiger partial charge in [0, 0.05) is 5.75 Å². The second-order valence-electron chi connectivity index (χ2n) is 7.48. The molecule has 0 aromatic rings. The SMILES string of the molecule is NCCCCC(NC(=O)C(CCCCN)NC(=O)C(CS)NC(=O)C(N)CC(=O)O)C(=O)O. The lowest BCUT2D eigenvalue weighted by atomic mass is 10.1. The lowest BCUT2D eigenvalue weighted by Gasteiger charge is -2.24. The van der Waals surface area contributed by atoms with E-state index >= 15 is 0 Å². The van der Waals surface area contributed by atoms with E-state index in [1.165, 1.54) is 0 Å². The Morgan fingerprint density at radius 2 is 1.18 bits per heavy atom. The molecule has 0 aliphatic heterocycles. The number of carboxylic acids is 2. The maximum atomic E-state index is 12.7. The van der Waals surface area contributed by atoms with Crippen LogP contribution < -0.4 is 33.2 Å². The third kappa shape index (κ3) is 13.0. The van der Waals surface area contributed by atoms with Crippen molar-refractivity contribution < 1.29 is 34.2 Å². The molecule has 3 amide bonds. The Labute approximate surface area is 198 Å². The van der Waals surface area contributed by atoms with E-state index in [4.69, 9.17) is 22.3 Å². The van der Waals surface area contributed by atoms with Crippen molar-refractivity contribution in [3.8, 4) is 0 Å². The molecule has 0 bridgehead atoms. The van der Waals surface area contributed by atoms with Crippen molar-refractivity contribution >= 4 is 42.3 Å². The van der Waals surface area contributed by atoms with Crippen LogP contribution in [0.1, 0.15) is 44.9 Å². The van der Waals surface area contributed by atoms with E-state index in [0.717, 1.165) is 0 Å². The van der Waals surface area contributed by atoms with Gasteiger partial charge in [-0.3, -0.25) is 19.2 Å². The molecule has 0 spiro atoms. The van der Waals surface area contributed by atoms with Gasteiger partial charge < -0.3 is 43.4 Å². The van der Waals surface area contributed by atoms with Crippen LogP contribution in [0.2, 0.25) is 0 Å². The Balaban J connectivity index is 5.24. The van der Waals surface area contributed by atoms with E-state index in [0.29, 0.717) is 38.8 Å². The molecule has 0 aliphatic rings. The molecule has 0 fully saturated rings. The minimum absolute atomic E-state index is 0.147. The van der Waals surface area contributed by atoms with Gasteiger partial charge in [0.2, 0.25) is 17.7 Å². The molecule has 4 unspecified atom stereocenters. The highest BCUT2D eigenvalue weighted by atomic mass is 32.1. The van der Waals surface area contributed by atoms with E-state index in [9.17, 15) is 29.1 Å². The summed E-state index contributed by atoms with van der Waals surface area (Å²) >= 11 is 4.02. The van der Waals surface area contributed by atoms with Gasteiger partial charge in [-0.15, -0.1) is 0 Å². The van der Waals surface area contributed by atoms with Gasteiger partial charge in [0.15, 0.2) is 0 Å². The van der Waals surface area contributed by atoms with Crippen LogP contribution in [0.15, 0.2) is 0 Å². The fourth-order valence-electron chi connectivity index (χ4n) is 2.81. The first-order chi connectivity index (χ1) is 15.6. The Bertz CT molecular complexity index is 667. The Morgan fingerprint density at radius 1 is 0.727 bits per heavy atom. The lowest BCUT2D eigenvalue weighted by molar-refractivity contribution is -0.142. The van der Waals surface area contributed by atoms with E-state index in [1.807, 2.05) is 0 Å². The first-order valence-electron chi connectivity index (χ1n) is 10.7. The average molecular weight is 493 g/mol. The normalized spacial score (nSPS) is 14.4. The number of hydrogen-bond acceptors (Lipinski definition) is 9. The molecule has 4 atom stereocenters. The second kappa shape index (κ2) is 17.1. The molecule has 190 valence electrons. The first-order valence-corrected chi connectivity index (χ1v) is 11.3. The van der Waals surface area contributed by atoms with Crippen molar-refractivity contribution in [3.05, 3.63) is 0 Å². The Hall–Kier alpha value is -2.42. The third-order valence-electron chi connectivity index (χ3n) is 4.69. The van der Waals surface area contributed by atoms with E-state index < -0.39 is 60.2 Å². The fraction of sp³-hybridized carbons (Fsp3) is 0.737. The third-order valence-corrected chi connectivity index (χ3v) is 5.05. The summed E-state index contributed by atoms with van der Waals surface area (Å²) in [5.74, 6) is -4.93. The molecule has 33 heavy (non-hydrogen) atoms. The molecule has 14 heteroatoms. The van der Waals surface area contributed by atoms with Gasteiger partial charge >= 0.3 is 11.9 Å². The van der Waals surface area contributed by atoms with Gasteiger partial charge in [-0.1, -0.05) is 0 Å². The molecule has 11 N–H and O–H groups in total. The number of nitrogens with one attached hydrogen (secondary N) is 3. The summed E-state index contributed by atoms with van der Waals surface area (Å²) in [4.78, 5) is 59.7. The predicted octanol–water partition coefficient (Wildman–Crippen LogP) is -2.48. The molecule has 0 saturated heterocycles. The number of amides is 3. The van der Waals surface area contributed by atoms with Crippen molar-refractivity contribution in [2.45, 2.75) is 69.1 Å². The quantitative estimate of drug-likeness (QED) is 0.0720. The van der Waals surface area contributed by atoms with E-state index in [1.54, 1.807) is 0 Å². The zero-order chi connectivity index (χ0) is 25.4. The van der Waals surface area contributed by atoms with Gasteiger partial charge in [0.1, 0.15) is 18.1 Å². The van der Waals surface area contributed by atoms with Crippen molar-refractivity contribution in [3.63, 3.8) is 0 Å². The number of carboxylic acid groups (broad SMARTS) is 2. The van der Waals surface area contributed by atoms with E-state index in [-0.39, 0.29) is 18.6 Å². The summed E-state index contributed by atoms with van der Waals surface area (Å²) in [5.41, 5.74) is 16.4. The number of rotatable bonds is 18. The molecule has 0 aliphatic carbocycles. The Kier molecular flexibility index (Phi) is 15.9. The van der Waals surface area contributed by atoms with Gasteiger partial charge in [-0.2, -0.15) is 12.6 Å². The minimum atomic E-state index is -1.37. The lowest BCUT2D eigenvalue weighted by Crippen LogP contribution is -2.57. The van der Waals surface area contributed by atoms with Gasteiger partial charge in [-0.05, 0) is 51.6 Å². The summed E-state index contributed by atoms with van der Waals surface area (Å²) in [6.07, 6.45) is 1.91. The number of aliphatic carboxylic acids is 2. The molecule has 0 radical (unpaired) electrons. The van der Waals surface area contributed by atoms with Crippen LogP contribution in [0.5, 0.6) is 0 Å². The highest BCUT2D eigenvalue weighted by Gasteiger charge is 2.29. The van der Waals surface area contributed by atoms with Gasteiger partial charge in [0.25, 0.3) is 0 Å². The highest BCUT2D eigenvalue weighted by Crippen LogP contribution is 2.06. The summed E-state index contributed by atoms with van der Waals surface area (Å²) in [7, 11) is 0. The predicted molar refractivity (Wildman–Crippen MR) is 123 cm³/mol. The standard InChI is InChI=1S/C19H36N6O7S/c20-7-3-1-5-12(17(29)24-13(19(31)32)6-2-4-8-21)23-18(30)14(10-33)25-16(28)11(22)9-15(26)27/h11-14,33H,1-10,20-22H2,(H,23,30)(H,24,29)(H,25,28)(H,26,27)(H,31,32). The second-order valence-corrected chi connectivity index (χ2v) is 7.84. The van der Waals surface area contributed by atoms with Crippen molar-refractivity contribution in [1.29, 1.82) is 0 Å². The number of carbonyl (C=O) groups excluding carboxylic acids is 3. The number of carbonyl (C=O) groups is 5. The van der Waals surface area contributed by atoms with Crippen LogP contribution in [0.4, 0.5) is 0 Å².